The second kappa shape index (κ2) is 5.75. The van der Waals surface area contributed by atoms with Crippen LogP contribution in [0.2, 0.25) is 0 Å². The number of carboxylic acid groups (broad SMARTS) is 1. The quantitative estimate of drug-likeness (QED) is 0.712. The average molecular weight is 317 g/mol. The van der Waals surface area contributed by atoms with Gasteiger partial charge in [0.05, 0.1) is 5.69 Å². The van der Waals surface area contributed by atoms with Crippen molar-refractivity contribution in [3.8, 4) is 5.75 Å². The number of benzene rings is 2. The summed E-state index contributed by atoms with van der Waals surface area (Å²) in [5, 5.41) is 22.4. The molecule has 2 aromatic carbocycles. The minimum Gasteiger partial charge on any atom is -0.507 e. The van der Waals surface area contributed by atoms with Crippen LogP contribution >= 0.6 is 23.1 Å². The summed E-state index contributed by atoms with van der Waals surface area (Å²) in [4.78, 5) is 15.9. The molecule has 0 radical (unpaired) electrons. The molecule has 0 amide bonds. The fourth-order valence-electron chi connectivity index (χ4n) is 2.00. The molecule has 0 saturated heterocycles. The van der Waals surface area contributed by atoms with Crippen LogP contribution in [0.3, 0.4) is 0 Å². The number of carbonyl (C=O) groups is 1. The van der Waals surface area contributed by atoms with E-state index < -0.39 is 5.97 Å². The number of phenolic OH excluding ortho intramolecular Hbond substituents is 1. The maximum Gasteiger partial charge on any atom is 0.365 e. The molecule has 0 aliphatic rings. The van der Waals surface area contributed by atoms with E-state index in [4.69, 9.17) is 5.11 Å². The second-order valence-electron chi connectivity index (χ2n) is 4.37. The Kier molecular flexibility index (Phi) is 3.81. The van der Waals surface area contributed by atoms with E-state index in [0.29, 0.717) is 5.75 Å². The number of aromatic nitrogens is 1. The molecule has 0 unspecified atom stereocenters. The number of aromatic hydroxyl groups is 1. The van der Waals surface area contributed by atoms with Crippen molar-refractivity contribution in [3.05, 3.63) is 52.5 Å². The smallest absolute Gasteiger partial charge is 0.365 e. The SMILES string of the molecule is O=C(O)c1nc(CSc2ccc(O)c3ccccc23)cs1. The summed E-state index contributed by atoms with van der Waals surface area (Å²) in [6.45, 7) is 0. The highest BCUT2D eigenvalue weighted by molar-refractivity contribution is 7.98. The molecule has 0 spiro atoms. The molecule has 0 atom stereocenters. The van der Waals surface area contributed by atoms with Gasteiger partial charge in [-0.3, -0.25) is 0 Å². The van der Waals surface area contributed by atoms with E-state index in [1.54, 1.807) is 23.2 Å². The van der Waals surface area contributed by atoms with Crippen LogP contribution in [0.4, 0.5) is 0 Å². The van der Waals surface area contributed by atoms with Crippen LogP contribution in [0.1, 0.15) is 15.5 Å². The lowest BCUT2D eigenvalue weighted by atomic mass is 10.1. The Morgan fingerprint density at radius 2 is 1.95 bits per heavy atom. The molecule has 6 heteroatoms. The van der Waals surface area contributed by atoms with Crippen LogP contribution < -0.4 is 0 Å². The largest absolute Gasteiger partial charge is 0.507 e. The number of nitrogens with zero attached hydrogens (tertiary/aromatic N) is 1. The highest BCUT2D eigenvalue weighted by Crippen LogP contribution is 2.34. The molecule has 3 rings (SSSR count). The van der Waals surface area contributed by atoms with Gasteiger partial charge in [-0.1, -0.05) is 24.3 Å². The summed E-state index contributed by atoms with van der Waals surface area (Å²) < 4.78 is 0. The van der Waals surface area contributed by atoms with Crippen molar-refractivity contribution in [1.82, 2.24) is 4.98 Å². The number of fused-ring (bicyclic) bond motifs is 1. The molecule has 2 N–H and O–H groups in total. The van der Waals surface area contributed by atoms with E-state index >= 15 is 0 Å². The van der Waals surface area contributed by atoms with Gasteiger partial charge in [0.1, 0.15) is 5.75 Å². The lowest BCUT2D eigenvalue weighted by Gasteiger charge is -2.07. The summed E-state index contributed by atoms with van der Waals surface area (Å²) in [5.41, 5.74) is 0.750. The third-order valence-corrected chi connectivity index (χ3v) is 4.96. The van der Waals surface area contributed by atoms with Gasteiger partial charge >= 0.3 is 5.97 Å². The molecular weight excluding hydrogens is 306 g/mol. The topological polar surface area (TPSA) is 70.4 Å². The molecule has 0 bridgehead atoms. The van der Waals surface area contributed by atoms with E-state index in [2.05, 4.69) is 4.98 Å². The van der Waals surface area contributed by atoms with Crippen molar-refractivity contribution >= 4 is 39.8 Å². The Bertz CT molecular complexity index is 814. The van der Waals surface area contributed by atoms with E-state index in [1.165, 1.54) is 0 Å². The van der Waals surface area contributed by atoms with Crippen molar-refractivity contribution in [2.75, 3.05) is 0 Å². The maximum atomic E-state index is 10.8. The van der Waals surface area contributed by atoms with E-state index in [0.717, 1.165) is 32.7 Å². The number of phenols is 1. The number of aromatic carboxylic acids is 1. The Labute approximate surface area is 129 Å². The zero-order chi connectivity index (χ0) is 14.8. The van der Waals surface area contributed by atoms with Crippen LogP contribution in [0.5, 0.6) is 5.75 Å². The molecular formula is C15H11NO3S2. The number of hydrogen-bond donors (Lipinski definition) is 2. The maximum absolute atomic E-state index is 10.8. The molecule has 21 heavy (non-hydrogen) atoms. The average Bonchev–Trinajstić information content (AvgIpc) is 2.96. The summed E-state index contributed by atoms with van der Waals surface area (Å²) in [6, 6.07) is 11.2. The van der Waals surface area contributed by atoms with Gasteiger partial charge in [-0.2, -0.15) is 0 Å². The van der Waals surface area contributed by atoms with Crippen LogP contribution in [-0.4, -0.2) is 21.2 Å². The monoisotopic (exact) mass is 317 g/mol. The van der Waals surface area contributed by atoms with Crippen molar-refractivity contribution in [1.29, 1.82) is 0 Å². The Morgan fingerprint density at radius 1 is 1.19 bits per heavy atom. The Morgan fingerprint density at radius 3 is 2.67 bits per heavy atom. The van der Waals surface area contributed by atoms with Crippen molar-refractivity contribution < 1.29 is 15.0 Å². The highest BCUT2D eigenvalue weighted by atomic mass is 32.2. The zero-order valence-corrected chi connectivity index (χ0v) is 12.4. The minimum atomic E-state index is -0.994. The molecule has 0 aliphatic heterocycles. The fourth-order valence-corrected chi connectivity index (χ4v) is 3.71. The minimum absolute atomic E-state index is 0.112. The molecule has 0 saturated carbocycles. The Balaban J connectivity index is 1.85. The molecule has 1 aromatic heterocycles. The standard InChI is InChI=1S/C15H11NO3S2/c17-12-5-6-13(11-4-2-1-3-10(11)12)20-7-9-8-21-14(16-9)15(18)19/h1-6,8,17H,7H2,(H,18,19). The van der Waals surface area contributed by atoms with Gasteiger partial charge in [-0.05, 0) is 17.5 Å². The summed E-state index contributed by atoms with van der Waals surface area (Å²) in [6.07, 6.45) is 0. The molecule has 4 nitrogen and oxygen atoms in total. The summed E-state index contributed by atoms with van der Waals surface area (Å²) in [5.74, 6) is -0.137. The van der Waals surface area contributed by atoms with Crippen LogP contribution in [-0.2, 0) is 5.75 Å². The number of hydrogen-bond acceptors (Lipinski definition) is 5. The van der Waals surface area contributed by atoms with Crippen molar-refractivity contribution in [2.45, 2.75) is 10.6 Å². The molecule has 1 heterocycles. The lowest BCUT2D eigenvalue weighted by molar-refractivity contribution is 0.0696. The van der Waals surface area contributed by atoms with Gasteiger partial charge < -0.3 is 10.2 Å². The molecule has 3 aromatic rings. The van der Waals surface area contributed by atoms with E-state index in [1.807, 2.05) is 30.3 Å². The predicted octanol–water partition coefficient (Wildman–Crippen LogP) is 3.99. The first-order chi connectivity index (χ1) is 10.1. The van der Waals surface area contributed by atoms with Gasteiger partial charge in [-0.25, -0.2) is 9.78 Å². The van der Waals surface area contributed by atoms with Gasteiger partial charge in [0.2, 0.25) is 5.01 Å². The first kappa shape index (κ1) is 13.9. The van der Waals surface area contributed by atoms with Crippen LogP contribution in [0.25, 0.3) is 10.8 Å². The summed E-state index contributed by atoms with van der Waals surface area (Å²) >= 11 is 2.71. The normalized spacial score (nSPS) is 10.9. The van der Waals surface area contributed by atoms with E-state index in [9.17, 15) is 9.90 Å². The molecule has 0 aliphatic carbocycles. The number of rotatable bonds is 4. The van der Waals surface area contributed by atoms with Crippen LogP contribution in [0.15, 0.2) is 46.7 Å². The third kappa shape index (κ3) is 2.86. The third-order valence-electron chi connectivity index (χ3n) is 2.97. The molecule has 106 valence electrons. The molecule has 0 fully saturated rings. The number of thioether (sulfide) groups is 1. The highest BCUT2D eigenvalue weighted by Gasteiger charge is 2.10. The Hall–Kier alpha value is -2.05. The first-order valence-corrected chi connectivity index (χ1v) is 8.03. The van der Waals surface area contributed by atoms with Gasteiger partial charge in [0, 0.05) is 21.4 Å². The van der Waals surface area contributed by atoms with Gasteiger partial charge in [0.25, 0.3) is 0 Å². The van der Waals surface area contributed by atoms with Crippen LogP contribution in [0, 0.1) is 0 Å². The predicted molar refractivity (Wildman–Crippen MR) is 84.2 cm³/mol. The lowest BCUT2D eigenvalue weighted by Crippen LogP contribution is -1.95. The number of carboxylic acids is 1. The number of thiazole rings is 1. The zero-order valence-electron chi connectivity index (χ0n) is 10.8. The fraction of sp³-hybridized carbons (Fsp3) is 0.0667. The van der Waals surface area contributed by atoms with Gasteiger partial charge in [-0.15, -0.1) is 23.1 Å². The van der Waals surface area contributed by atoms with E-state index in [-0.39, 0.29) is 10.8 Å². The van der Waals surface area contributed by atoms with Crippen molar-refractivity contribution in [2.24, 2.45) is 0 Å². The second-order valence-corrected chi connectivity index (χ2v) is 6.24. The summed E-state index contributed by atoms with van der Waals surface area (Å²) in [7, 11) is 0. The van der Waals surface area contributed by atoms with Gasteiger partial charge in [0.15, 0.2) is 0 Å². The van der Waals surface area contributed by atoms with Crippen molar-refractivity contribution in [3.63, 3.8) is 0 Å². The first-order valence-electron chi connectivity index (χ1n) is 6.16.